The molecule has 0 spiro atoms. The van der Waals surface area contributed by atoms with Crippen LogP contribution in [0.1, 0.15) is 23.9 Å². The second-order valence-corrected chi connectivity index (χ2v) is 5.72. The normalized spacial score (nSPS) is 10.4. The van der Waals surface area contributed by atoms with Gasteiger partial charge >= 0.3 is 0 Å². The van der Waals surface area contributed by atoms with Gasteiger partial charge in [-0.15, -0.1) is 0 Å². The predicted octanol–water partition coefficient (Wildman–Crippen LogP) is 4.08. The van der Waals surface area contributed by atoms with Crippen LogP contribution < -0.4 is 5.32 Å². The molecule has 0 aliphatic carbocycles. The number of benzene rings is 1. The van der Waals surface area contributed by atoms with E-state index in [-0.39, 0.29) is 24.1 Å². The maximum absolute atomic E-state index is 12.3. The highest BCUT2D eigenvalue weighted by Gasteiger charge is 2.20. The Balaban J connectivity index is 2.06. The number of carbonyl (C=O) groups is 2. The lowest BCUT2D eigenvalue weighted by molar-refractivity contribution is -0.116. The molecule has 1 aromatic heterocycles. The molecule has 0 fully saturated rings. The van der Waals surface area contributed by atoms with Gasteiger partial charge in [0.2, 0.25) is 5.91 Å². The van der Waals surface area contributed by atoms with Crippen molar-refractivity contribution < 1.29 is 14.0 Å². The number of hydrogen-bond donors (Lipinski definition) is 1. The van der Waals surface area contributed by atoms with Gasteiger partial charge in [-0.2, -0.15) is 0 Å². The molecule has 7 heteroatoms. The van der Waals surface area contributed by atoms with E-state index in [1.54, 1.807) is 30.3 Å². The maximum Gasteiger partial charge on any atom is 0.290 e. The van der Waals surface area contributed by atoms with Crippen LogP contribution in [-0.4, -0.2) is 29.8 Å². The van der Waals surface area contributed by atoms with Crippen molar-refractivity contribution in [3.63, 3.8) is 0 Å². The summed E-state index contributed by atoms with van der Waals surface area (Å²) >= 11 is 11.9. The minimum Gasteiger partial charge on any atom is -0.459 e. The Morgan fingerprint density at radius 1 is 1.26 bits per heavy atom. The van der Waals surface area contributed by atoms with Crippen LogP contribution in [0.25, 0.3) is 0 Å². The van der Waals surface area contributed by atoms with Crippen LogP contribution in [-0.2, 0) is 4.79 Å². The Hall–Kier alpha value is -1.98. The first-order valence-electron chi connectivity index (χ1n) is 7.09. The lowest BCUT2D eigenvalue weighted by Crippen LogP contribution is -2.38. The highest BCUT2D eigenvalue weighted by atomic mass is 35.5. The SMILES string of the molecule is CCCN(CC(=O)Nc1cc(Cl)ccc1Cl)C(=O)c1ccco1. The predicted molar refractivity (Wildman–Crippen MR) is 90.0 cm³/mol. The molecule has 2 rings (SSSR count). The summed E-state index contributed by atoms with van der Waals surface area (Å²) in [6, 6.07) is 7.97. The van der Waals surface area contributed by atoms with Crippen LogP contribution in [0.2, 0.25) is 10.0 Å². The first-order chi connectivity index (χ1) is 11.0. The maximum atomic E-state index is 12.3. The highest BCUT2D eigenvalue weighted by molar-refractivity contribution is 6.35. The van der Waals surface area contributed by atoms with Gasteiger partial charge in [-0.25, -0.2) is 0 Å². The molecule has 0 aliphatic rings. The number of halogens is 2. The lowest BCUT2D eigenvalue weighted by atomic mass is 10.3. The molecule has 0 bridgehead atoms. The molecule has 122 valence electrons. The van der Waals surface area contributed by atoms with Crippen molar-refractivity contribution in [2.24, 2.45) is 0 Å². The van der Waals surface area contributed by atoms with Crippen LogP contribution in [0.5, 0.6) is 0 Å². The number of carbonyl (C=O) groups excluding carboxylic acids is 2. The summed E-state index contributed by atoms with van der Waals surface area (Å²) < 4.78 is 5.10. The van der Waals surface area contributed by atoms with Gasteiger partial charge in [0.25, 0.3) is 5.91 Å². The van der Waals surface area contributed by atoms with E-state index >= 15 is 0 Å². The van der Waals surface area contributed by atoms with E-state index in [9.17, 15) is 9.59 Å². The number of amides is 2. The Labute approximate surface area is 144 Å². The van der Waals surface area contributed by atoms with Crippen molar-refractivity contribution in [2.45, 2.75) is 13.3 Å². The van der Waals surface area contributed by atoms with Crippen molar-refractivity contribution in [1.29, 1.82) is 0 Å². The molecule has 1 aromatic carbocycles. The van der Waals surface area contributed by atoms with Crippen molar-refractivity contribution in [1.82, 2.24) is 4.90 Å². The number of nitrogens with one attached hydrogen (secondary N) is 1. The summed E-state index contributed by atoms with van der Waals surface area (Å²) in [7, 11) is 0. The van der Waals surface area contributed by atoms with Crippen LogP contribution in [0.15, 0.2) is 41.0 Å². The summed E-state index contributed by atoms with van der Waals surface area (Å²) in [4.78, 5) is 25.9. The Kier molecular flexibility index (Phi) is 6.07. The third-order valence-corrected chi connectivity index (χ3v) is 3.61. The topological polar surface area (TPSA) is 62.6 Å². The van der Waals surface area contributed by atoms with Gasteiger partial charge in [0.1, 0.15) is 6.54 Å². The average Bonchev–Trinajstić information content (AvgIpc) is 3.04. The smallest absolute Gasteiger partial charge is 0.290 e. The van der Waals surface area contributed by atoms with Crippen LogP contribution in [0.4, 0.5) is 5.69 Å². The van der Waals surface area contributed by atoms with E-state index in [0.717, 1.165) is 6.42 Å². The second-order valence-electron chi connectivity index (χ2n) is 4.88. The Morgan fingerprint density at radius 2 is 2.04 bits per heavy atom. The van der Waals surface area contributed by atoms with Crippen molar-refractivity contribution in [3.05, 3.63) is 52.4 Å². The fourth-order valence-corrected chi connectivity index (χ4v) is 2.37. The number of anilines is 1. The third kappa shape index (κ3) is 4.74. The van der Waals surface area contributed by atoms with Crippen molar-refractivity contribution >= 4 is 40.7 Å². The molecule has 0 aliphatic heterocycles. The second kappa shape index (κ2) is 8.04. The molecule has 0 saturated carbocycles. The summed E-state index contributed by atoms with van der Waals surface area (Å²) in [5, 5.41) is 3.50. The quantitative estimate of drug-likeness (QED) is 0.849. The fraction of sp³-hybridized carbons (Fsp3) is 0.250. The molecule has 0 saturated heterocycles. The van der Waals surface area contributed by atoms with E-state index in [2.05, 4.69) is 5.32 Å². The summed E-state index contributed by atoms with van der Waals surface area (Å²) in [5.41, 5.74) is 0.408. The van der Waals surface area contributed by atoms with Crippen molar-refractivity contribution in [3.8, 4) is 0 Å². The summed E-state index contributed by atoms with van der Waals surface area (Å²) in [5.74, 6) is -0.487. The Bertz CT molecular complexity index is 687. The van der Waals surface area contributed by atoms with Gasteiger partial charge in [0, 0.05) is 11.6 Å². The van der Waals surface area contributed by atoms with E-state index in [1.807, 2.05) is 6.92 Å². The average molecular weight is 355 g/mol. The molecule has 5 nitrogen and oxygen atoms in total. The first kappa shape index (κ1) is 17.4. The lowest BCUT2D eigenvalue weighted by Gasteiger charge is -2.20. The highest BCUT2D eigenvalue weighted by Crippen LogP contribution is 2.25. The minimum absolute atomic E-state index is 0.101. The van der Waals surface area contributed by atoms with E-state index in [4.69, 9.17) is 27.6 Å². The number of furan rings is 1. The molecule has 0 unspecified atom stereocenters. The molecule has 1 N–H and O–H groups in total. The van der Waals surface area contributed by atoms with Gasteiger partial charge < -0.3 is 14.6 Å². The minimum atomic E-state index is -0.359. The molecular weight excluding hydrogens is 339 g/mol. The van der Waals surface area contributed by atoms with Gasteiger partial charge in [-0.05, 0) is 36.8 Å². The molecule has 2 aromatic rings. The fourth-order valence-electron chi connectivity index (χ4n) is 2.03. The zero-order chi connectivity index (χ0) is 16.8. The molecule has 0 radical (unpaired) electrons. The number of hydrogen-bond acceptors (Lipinski definition) is 3. The van der Waals surface area contributed by atoms with Gasteiger partial charge in [-0.3, -0.25) is 9.59 Å². The number of nitrogens with zero attached hydrogens (tertiary/aromatic N) is 1. The molecular formula is C16H16Cl2N2O3. The Morgan fingerprint density at radius 3 is 2.70 bits per heavy atom. The number of rotatable bonds is 6. The zero-order valence-electron chi connectivity index (χ0n) is 12.5. The molecule has 23 heavy (non-hydrogen) atoms. The molecule has 1 heterocycles. The monoisotopic (exact) mass is 354 g/mol. The van der Waals surface area contributed by atoms with Crippen LogP contribution >= 0.6 is 23.2 Å². The van der Waals surface area contributed by atoms with E-state index in [0.29, 0.717) is 22.3 Å². The third-order valence-electron chi connectivity index (χ3n) is 3.05. The van der Waals surface area contributed by atoms with Gasteiger partial charge in [0.05, 0.1) is 17.0 Å². The van der Waals surface area contributed by atoms with Crippen molar-refractivity contribution in [2.75, 3.05) is 18.4 Å². The summed E-state index contributed by atoms with van der Waals surface area (Å²) in [6.07, 6.45) is 2.14. The zero-order valence-corrected chi connectivity index (χ0v) is 14.0. The molecule has 2 amide bonds. The first-order valence-corrected chi connectivity index (χ1v) is 7.84. The standard InChI is InChI=1S/C16H16Cl2N2O3/c1-2-7-20(16(22)14-4-3-8-23-14)10-15(21)19-13-9-11(17)5-6-12(13)18/h3-6,8-9H,2,7,10H2,1H3,(H,19,21). The van der Waals surface area contributed by atoms with Crippen LogP contribution in [0, 0.1) is 0 Å². The van der Waals surface area contributed by atoms with E-state index in [1.165, 1.54) is 11.2 Å². The van der Waals surface area contributed by atoms with Gasteiger partial charge in [0.15, 0.2) is 5.76 Å². The molecule has 0 atom stereocenters. The van der Waals surface area contributed by atoms with E-state index < -0.39 is 0 Å². The largest absolute Gasteiger partial charge is 0.459 e. The van der Waals surface area contributed by atoms with Gasteiger partial charge in [-0.1, -0.05) is 30.1 Å². The summed E-state index contributed by atoms with van der Waals surface area (Å²) in [6.45, 7) is 2.26. The van der Waals surface area contributed by atoms with Crippen LogP contribution in [0.3, 0.4) is 0 Å².